The first-order valence-electron chi connectivity index (χ1n) is 6.03. The van der Waals surface area contributed by atoms with Crippen molar-refractivity contribution < 1.29 is 13.2 Å². The molecule has 0 bridgehead atoms. The van der Waals surface area contributed by atoms with Gasteiger partial charge in [-0.05, 0) is 27.1 Å². The maximum absolute atomic E-state index is 12.7. The summed E-state index contributed by atoms with van der Waals surface area (Å²) < 4.78 is 38.2. The van der Waals surface area contributed by atoms with E-state index < -0.39 is 11.9 Å². The van der Waals surface area contributed by atoms with Crippen LogP contribution in [0.3, 0.4) is 0 Å². The monoisotopic (exact) mass is 292 g/mol. The molecule has 20 heavy (non-hydrogen) atoms. The molecule has 0 saturated heterocycles. The van der Waals surface area contributed by atoms with Crippen molar-refractivity contribution in [1.82, 2.24) is 14.9 Å². The maximum atomic E-state index is 12.7. The average Bonchev–Trinajstić information content (AvgIpc) is 2.36. The van der Waals surface area contributed by atoms with Gasteiger partial charge in [0.05, 0.1) is 0 Å². The van der Waals surface area contributed by atoms with Crippen LogP contribution in [0.15, 0.2) is 6.07 Å². The van der Waals surface area contributed by atoms with E-state index in [1.807, 2.05) is 19.0 Å². The van der Waals surface area contributed by atoms with E-state index in [0.29, 0.717) is 6.54 Å². The molecule has 0 aliphatic carbocycles. The van der Waals surface area contributed by atoms with Crippen LogP contribution in [-0.4, -0.2) is 49.1 Å². The number of rotatable bonds is 6. The second-order valence-corrected chi connectivity index (χ2v) is 4.66. The maximum Gasteiger partial charge on any atom is 0.433 e. The van der Waals surface area contributed by atoms with E-state index in [0.717, 1.165) is 19.0 Å². The SMILES string of the molecule is CN(C)CCCN(C)c1cc(C(F)(F)F)nc(NN)n1. The summed E-state index contributed by atoms with van der Waals surface area (Å²) in [6.45, 7) is 1.42. The third-order valence-electron chi connectivity index (χ3n) is 2.62. The van der Waals surface area contributed by atoms with Gasteiger partial charge in [-0.1, -0.05) is 0 Å². The molecule has 0 fully saturated rings. The molecule has 9 heteroatoms. The number of hydrazine groups is 1. The summed E-state index contributed by atoms with van der Waals surface area (Å²) in [7, 11) is 5.55. The van der Waals surface area contributed by atoms with Gasteiger partial charge in [-0.15, -0.1) is 0 Å². The molecule has 0 aliphatic heterocycles. The van der Waals surface area contributed by atoms with Crippen molar-refractivity contribution in [2.45, 2.75) is 12.6 Å². The van der Waals surface area contributed by atoms with Crippen LogP contribution >= 0.6 is 0 Å². The van der Waals surface area contributed by atoms with E-state index in [1.54, 1.807) is 11.9 Å². The van der Waals surface area contributed by atoms with Crippen molar-refractivity contribution in [3.05, 3.63) is 11.8 Å². The number of hydrogen-bond acceptors (Lipinski definition) is 6. The Morgan fingerprint density at radius 2 is 1.85 bits per heavy atom. The van der Waals surface area contributed by atoms with Crippen molar-refractivity contribution in [1.29, 1.82) is 0 Å². The summed E-state index contributed by atoms with van der Waals surface area (Å²) in [6, 6.07) is 0.913. The summed E-state index contributed by atoms with van der Waals surface area (Å²) in [6.07, 6.45) is -3.73. The molecule has 0 spiro atoms. The number of halogens is 3. The summed E-state index contributed by atoms with van der Waals surface area (Å²) in [5.41, 5.74) is 1.03. The summed E-state index contributed by atoms with van der Waals surface area (Å²) in [5, 5.41) is 0. The van der Waals surface area contributed by atoms with Crippen LogP contribution in [0.25, 0.3) is 0 Å². The van der Waals surface area contributed by atoms with E-state index >= 15 is 0 Å². The zero-order valence-electron chi connectivity index (χ0n) is 11.7. The van der Waals surface area contributed by atoms with Crippen LogP contribution in [-0.2, 0) is 6.18 Å². The molecule has 1 heterocycles. The Kier molecular flexibility index (Phi) is 5.52. The van der Waals surface area contributed by atoms with Crippen molar-refractivity contribution >= 4 is 11.8 Å². The molecule has 114 valence electrons. The number of alkyl halides is 3. The lowest BCUT2D eigenvalue weighted by Gasteiger charge is -2.20. The van der Waals surface area contributed by atoms with Crippen LogP contribution in [0.1, 0.15) is 12.1 Å². The van der Waals surface area contributed by atoms with Crippen LogP contribution in [0.4, 0.5) is 24.9 Å². The number of nitrogens with zero attached hydrogens (tertiary/aromatic N) is 4. The molecule has 0 aliphatic rings. The molecular formula is C11H19F3N6. The molecular weight excluding hydrogens is 273 g/mol. The molecule has 0 saturated carbocycles. The molecule has 0 amide bonds. The number of nitrogens with two attached hydrogens (primary N) is 1. The normalized spacial score (nSPS) is 11.8. The van der Waals surface area contributed by atoms with Gasteiger partial charge in [0, 0.05) is 19.7 Å². The topological polar surface area (TPSA) is 70.3 Å². The standard InChI is InChI=1S/C11H19F3N6/c1-19(2)5-4-6-20(3)9-7-8(11(12,13)14)16-10(17-9)18-15/h7H,4-6,15H2,1-3H3,(H,16,17,18). The third kappa shape index (κ3) is 4.82. The molecule has 0 unspecified atom stereocenters. The Labute approximate surface area is 115 Å². The van der Waals surface area contributed by atoms with Gasteiger partial charge in [-0.3, -0.25) is 5.43 Å². The van der Waals surface area contributed by atoms with Gasteiger partial charge < -0.3 is 9.80 Å². The van der Waals surface area contributed by atoms with Crippen molar-refractivity contribution in [2.75, 3.05) is 44.6 Å². The first kappa shape index (κ1) is 16.4. The number of nitrogen functional groups attached to an aromatic ring is 1. The van der Waals surface area contributed by atoms with Gasteiger partial charge in [0.25, 0.3) is 0 Å². The van der Waals surface area contributed by atoms with Gasteiger partial charge in [0.2, 0.25) is 5.95 Å². The Morgan fingerprint density at radius 3 is 2.35 bits per heavy atom. The zero-order chi connectivity index (χ0) is 15.3. The van der Waals surface area contributed by atoms with Crippen LogP contribution in [0.5, 0.6) is 0 Å². The Bertz CT molecular complexity index is 435. The fraction of sp³-hybridized carbons (Fsp3) is 0.636. The van der Waals surface area contributed by atoms with Gasteiger partial charge in [0.1, 0.15) is 5.82 Å². The first-order valence-corrected chi connectivity index (χ1v) is 6.03. The molecule has 1 aromatic rings. The lowest BCUT2D eigenvalue weighted by molar-refractivity contribution is -0.141. The van der Waals surface area contributed by atoms with Crippen LogP contribution < -0.4 is 16.2 Å². The van der Waals surface area contributed by atoms with Crippen molar-refractivity contribution in [3.8, 4) is 0 Å². The second-order valence-electron chi connectivity index (χ2n) is 4.66. The van der Waals surface area contributed by atoms with E-state index in [4.69, 9.17) is 5.84 Å². The highest BCUT2D eigenvalue weighted by atomic mass is 19.4. The smallest absolute Gasteiger partial charge is 0.359 e. The number of hydrogen-bond donors (Lipinski definition) is 2. The van der Waals surface area contributed by atoms with Gasteiger partial charge in [-0.2, -0.15) is 18.2 Å². The Balaban J connectivity index is 2.88. The molecule has 0 atom stereocenters. The molecule has 1 aromatic heterocycles. The Hall–Kier alpha value is -1.61. The predicted octanol–water partition coefficient (Wildman–Crippen LogP) is 1.17. The van der Waals surface area contributed by atoms with Crippen LogP contribution in [0, 0.1) is 0 Å². The van der Waals surface area contributed by atoms with Gasteiger partial charge in [-0.25, -0.2) is 10.8 Å². The molecule has 3 N–H and O–H groups in total. The largest absolute Gasteiger partial charge is 0.433 e. The van der Waals surface area contributed by atoms with E-state index in [2.05, 4.69) is 15.4 Å². The lowest BCUT2D eigenvalue weighted by atomic mass is 10.3. The van der Waals surface area contributed by atoms with E-state index in [9.17, 15) is 13.2 Å². The number of aromatic nitrogens is 2. The minimum atomic E-state index is -4.53. The highest BCUT2D eigenvalue weighted by Gasteiger charge is 2.34. The molecule has 0 aromatic carbocycles. The third-order valence-corrected chi connectivity index (χ3v) is 2.62. The second kappa shape index (κ2) is 6.71. The predicted molar refractivity (Wildman–Crippen MR) is 71.3 cm³/mol. The van der Waals surface area contributed by atoms with E-state index in [1.165, 1.54) is 0 Å². The summed E-state index contributed by atoms with van der Waals surface area (Å²) in [5.74, 6) is 5.03. The average molecular weight is 292 g/mol. The molecule has 1 rings (SSSR count). The highest BCUT2D eigenvalue weighted by Crippen LogP contribution is 2.30. The minimum absolute atomic E-state index is 0.180. The minimum Gasteiger partial charge on any atom is -0.359 e. The first-order chi connectivity index (χ1) is 9.24. The number of nitrogens with one attached hydrogen (secondary N) is 1. The number of anilines is 2. The quantitative estimate of drug-likeness (QED) is 0.606. The molecule has 0 radical (unpaired) electrons. The highest BCUT2D eigenvalue weighted by molar-refractivity contribution is 5.44. The zero-order valence-corrected chi connectivity index (χ0v) is 11.7. The summed E-state index contributed by atoms with van der Waals surface area (Å²) in [4.78, 5) is 10.9. The van der Waals surface area contributed by atoms with E-state index in [-0.39, 0.29) is 11.8 Å². The summed E-state index contributed by atoms with van der Waals surface area (Å²) >= 11 is 0. The fourth-order valence-corrected chi connectivity index (χ4v) is 1.58. The Morgan fingerprint density at radius 1 is 1.20 bits per heavy atom. The fourth-order valence-electron chi connectivity index (χ4n) is 1.58. The van der Waals surface area contributed by atoms with Crippen molar-refractivity contribution in [2.24, 2.45) is 5.84 Å². The van der Waals surface area contributed by atoms with Gasteiger partial charge >= 0.3 is 6.18 Å². The van der Waals surface area contributed by atoms with Gasteiger partial charge in [0.15, 0.2) is 5.69 Å². The molecule has 6 nitrogen and oxygen atoms in total. The van der Waals surface area contributed by atoms with Crippen molar-refractivity contribution in [3.63, 3.8) is 0 Å². The van der Waals surface area contributed by atoms with Crippen LogP contribution in [0.2, 0.25) is 0 Å². The lowest BCUT2D eigenvalue weighted by Crippen LogP contribution is -2.25.